The number of hydrogen-bond donors (Lipinski definition) is 2. The van der Waals surface area contributed by atoms with E-state index in [9.17, 15) is 14.7 Å². The van der Waals surface area contributed by atoms with Gasteiger partial charge >= 0.3 is 5.97 Å². The molecular formula is C14H15N3O3S. The predicted octanol–water partition coefficient (Wildman–Crippen LogP) is 1.52. The molecule has 0 aliphatic rings. The first kappa shape index (κ1) is 15.1. The molecule has 1 heterocycles. The summed E-state index contributed by atoms with van der Waals surface area (Å²) in [6, 6.07) is 7.68. The number of carbonyl (C=O) groups is 2. The molecule has 7 heteroatoms. The van der Waals surface area contributed by atoms with Crippen LogP contribution in [0.1, 0.15) is 21.6 Å². The standard InChI is InChI=1S/C14H15N3O3S/c1-9-2-4-10(5-3-9)6-11(14(19)20)7-15-13(18)12-8-16-21-17-12/h2-5,8,11H,6-7H2,1H3,(H,15,18)(H,19,20)/t11-/m0/s1. The highest BCUT2D eigenvalue weighted by Gasteiger charge is 2.20. The van der Waals surface area contributed by atoms with Crippen LogP contribution in [0.15, 0.2) is 30.5 Å². The Labute approximate surface area is 126 Å². The highest BCUT2D eigenvalue weighted by atomic mass is 32.1. The van der Waals surface area contributed by atoms with Gasteiger partial charge in [-0.25, -0.2) is 0 Å². The van der Waals surface area contributed by atoms with Crippen LogP contribution in [0.25, 0.3) is 0 Å². The molecular weight excluding hydrogens is 290 g/mol. The minimum absolute atomic E-state index is 0.0551. The van der Waals surface area contributed by atoms with Gasteiger partial charge in [-0.2, -0.15) is 8.75 Å². The molecule has 0 aliphatic heterocycles. The fourth-order valence-corrected chi connectivity index (χ4v) is 2.24. The summed E-state index contributed by atoms with van der Waals surface area (Å²) in [4.78, 5) is 23.0. The Bertz CT molecular complexity index is 611. The van der Waals surface area contributed by atoms with Gasteiger partial charge in [-0.1, -0.05) is 29.8 Å². The van der Waals surface area contributed by atoms with E-state index in [0.29, 0.717) is 6.42 Å². The molecule has 0 unspecified atom stereocenters. The quantitative estimate of drug-likeness (QED) is 0.844. The van der Waals surface area contributed by atoms with Crippen LogP contribution in [-0.4, -0.2) is 32.3 Å². The molecule has 1 aromatic heterocycles. The van der Waals surface area contributed by atoms with Gasteiger partial charge in [0.1, 0.15) is 0 Å². The van der Waals surface area contributed by atoms with Crippen LogP contribution < -0.4 is 5.32 Å². The molecule has 0 saturated heterocycles. The van der Waals surface area contributed by atoms with Crippen molar-refractivity contribution in [3.63, 3.8) is 0 Å². The molecule has 0 bridgehead atoms. The van der Waals surface area contributed by atoms with E-state index in [1.807, 2.05) is 31.2 Å². The lowest BCUT2D eigenvalue weighted by molar-refractivity contribution is -0.141. The van der Waals surface area contributed by atoms with Crippen LogP contribution in [0, 0.1) is 12.8 Å². The van der Waals surface area contributed by atoms with E-state index in [-0.39, 0.29) is 12.2 Å². The topological polar surface area (TPSA) is 92.2 Å². The van der Waals surface area contributed by atoms with Crippen molar-refractivity contribution in [2.24, 2.45) is 5.92 Å². The van der Waals surface area contributed by atoms with E-state index < -0.39 is 17.8 Å². The summed E-state index contributed by atoms with van der Waals surface area (Å²) in [6.45, 7) is 2.03. The minimum Gasteiger partial charge on any atom is -0.481 e. The Morgan fingerprint density at radius 2 is 2.05 bits per heavy atom. The van der Waals surface area contributed by atoms with Crippen LogP contribution in [0.4, 0.5) is 0 Å². The van der Waals surface area contributed by atoms with Crippen molar-refractivity contribution in [2.45, 2.75) is 13.3 Å². The summed E-state index contributed by atoms with van der Waals surface area (Å²) in [7, 11) is 0. The molecule has 21 heavy (non-hydrogen) atoms. The third-order valence-corrected chi connectivity index (χ3v) is 3.53. The van der Waals surface area contributed by atoms with Gasteiger partial charge in [0.05, 0.1) is 23.8 Å². The molecule has 0 radical (unpaired) electrons. The lowest BCUT2D eigenvalue weighted by Crippen LogP contribution is -2.34. The van der Waals surface area contributed by atoms with Gasteiger partial charge < -0.3 is 10.4 Å². The van der Waals surface area contributed by atoms with Crippen molar-refractivity contribution in [2.75, 3.05) is 6.54 Å². The summed E-state index contributed by atoms with van der Waals surface area (Å²) in [5.74, 6) is -2.02. The number of hydrogen-bond acceptors (Lipinski definition) is 5. The molecule has 2 aromatic rings. The molecule has 110 valence electrons. The maximum absolute atomic E-state index is 11.7. The largest absolute Gasteiger partial charge is 0.481 e. The second-order valence-electron chi connectivity index (χ2n) is 4.73. The number of nitrogens with one attached hydrogen (secondary N) is 1. The zero-order valence-electron chi connectivity index (χ0n) is 11.4. The van der Waals surface area contributed by atoms with Crippen LogP contribution in [0.2, 0.25) is 0 Å². The maximum Gasteiger partial charge on any atom is 0.308 e. The third-order valence-electron chi connectivity index (χ3n) is 3.05. The van der Waals surface area contributed by atoms with Crippen LogP contribution in [-0.2, 0) is 11.2 Å². The molecule has 0 aliphatic carbocycles. The average molecular weight is 305 g/mol. The molecule has 1 atom stereocenters. The highest BCUT2D eigenvalue weighted by Crippen LogP contribution is 2.10. The predicted molar refractivity (Wildman–Crippen MR) is 78.3 cm³/mol. The Kier molecular flexibility index (Phi) is 4.99. The van der Waals surface area contributed by atoms with Crippen LogP contribution >= 0.6 is 11.7 Å². The van der Waals surface area contributed by atoms with Gasteiger partial charge in [-0.05, 0) is 18.9 Å². The molecule has 2 rings (SSSR count). The summed E-state index contributed by atoms with van der Waals surface area (Å²) in [5.41, 5.74) is 2.26. The SMILES string of the molecule is Cc1ccc(C[C@@H](CNC(=O)c2cnsn2)C(=O)O)cc1. The Morgan fingerprint density at radius 1 is 1.33 bits per heavy atom. The molecule has 2 N–H and O–H groups in total. The first-order chi connectivity index (χ1) is 10.1. The molecule has 0 spiro atoms. The van der Waals surface area contributed by atoms with Crippen molar-refractivity contribution in [1.82, 2.24) is 14.1 Å². The smallest absolute Gasteiger partial charge is 0.308 e. The number of amides is 1. The van der Waals surface area contributed by atoms with E-state index in [1.54, 1.807) is 0 Å². The second kappa shape index (κ2) is 6.94. The van der Waals surface area contributed by atoms with Crippen LogP contribution in [0.3, 0.4) is 0 Å². The zero-order valence-corrected chi connectivity index (χ0v) is 12.3. The highest BCUT2D eigenvalue weighted by molar-refractivity contribution is 6.99. The third kappa shape index (κ3) is 4.35. The van der Waals surface area contributed by atoms with Crippen molar-refractivity contribution in [1.29, 1.82) is 0 Å². The van der Waals surface area contributed by atoms with Gasteiger partial charge in [0.25, 0.3) is 5.91 Å². The minimum atomic E-state index is -0.938. The van der Waals surface area contributed by atoms with Crippen molar-refractivity contribution >= 4 is 23.6 Å². The number of rotatable bonds is 6. The molecule has 0 fully saturated rings. The summed E-state index contributed by atoms with van der Waals surface area (Å²) in [5, 5.41) is 11.8. The number of carboxylic acids is 1. The van der Waals surface area contributed by atoms with Gasteiger partial charge in [-0.3, -0.25) is 9.59 Å². The van der Waals surface area contributed by atoms with E-state index in [4.69, 9.17) is 0 Å². The van der Waals surface area contributed by atoms with E-state index in [1.165, 1.54) is 6.20 Å². The van der Waals surface area contributed by atoms with Crippen molar-refractivity contribution < 1.29 is 14.7 Å². The molecule has 6 nitrogen and oxygen atoms in total. The summed E-state index contributed by atoms with van der Waals surface area (Å²) >= 11 is 0.935. The van der Waals surface area contributed by atoms with Gasteiger partial charge in [-0.15, -0.1) is 0 Å². The number of aromatic nitrogens is 2. The normalized spacial score (nSPS) is 11.9. The van der Waals surface area contributed by atoms with E-state index >= 15 is 0 Å². The number of aryl methyl sites for hydroxylation is 1. The number of benzene rings is 1. The lowest BCUT2D eigenvalue weighted by atomic mass is 9.98. The van der Waals surface area contributed by atoms with Gasteiger partial charge in [0.2, 0.25) is 0 Å². The first-order valence-electron chi connectivity index (χ1n) is 6.40. The number of carbonyl (C=O) groups excluding carboxylic acids is 1. The lowest BCUT2D eigenvalue weighted by Gasteiger charge is -2.13. The monoisotopic (exact) mass is 305 g/mol. The fraction of sp³-hybridized carbons (Fsp3) is 0.286. The van der Waals surface area contributed by atoms with Gasteiger partial charge in [0, 0.05) is 6.54 Å². The average Bonchev–Trinajstić information content (AvgIpc) is 2.99. The van der Waals surface area contributed by atoms with Crippen molar-refractivity contribution in [3.8, 4) is 0 Å². The molecule has 1 amide bonds. The molecule has 0 saturated carbocycles. The summed E-state index contributed by atoms with van der Waals surface area (Å²) in [6.07, 6.45) is 1.72. The number of carboxylic acid groups (broad SMARTS) is 1. The van der Waals surface area contributed by atoms with E-state index in [0.717, 1.165) is 22.9 Å². The zero-order chi connectivity index (χ0) is 15.2. The van der Waals surface area contributed by atoms with Gasteiger partial charge in [0.15, 0.2) is 5.69 Å². The second-order valence-corrected chi connectivity index (χ2v) is 5.28. The molecule has 1 aromatic carbocycles. The number of aliphatic carboxylic acids is 1. The first-order valence-corrected chi connectivity index (χ1v) is 7.13. The Hall–Kier alpha value is -2.28. The maximum atomic E-state index is 11.7. The van der Waals surface area contributed by atoms with Crippen LogP contribution in [0.5, 0.6) is 0 Å². The Morgan fingerprint density at radius 3 is 2.62 bits per heavy atom. The number of nitrogens with zero attached hydrogens (tertiary/aromatic N) is 2. The summed E-state index contributed by atoms with van der Waals surface area (Å²) < 4.78 is 7.54. The van der Waals surface area contributed by atoms with E-state index in [2.05, 4.69) is 14.1 Å². The Balaban J connectivity index is 1.94. The fourth-order valence-electron chi connectivity index (χ4n) is 1.83. The van der Waals surface area contributed by atoms with Crippen molar-refractivity contribution in [3.05, 3.63) is 47.3 Å².